The number of anilines is 2. The predicted octanol–water partition coefficient (Wildman–Crippen LogP) is 4.56. The molecule has 0 unspecified atom stereocenters. The molecule has 31 heavy (non-hydrogen) atoms. The summed E-state index contributed by atoms with van der Waals surface area (Å²) in [6.45, 7) is 1.82. The van der Waals surface area contributed by atoms with Crippen molar-refractivity contribution in [1.82, 2.24) is 19.9 Å². The van der Waals surface area contributed by atoms with Crippen LogP contribution in [0.25, 0.3) is 32.6 Å². The van der Waals surface area contributed by atoms with Crippen molar-refractivity contribution in [2.24, 2.45) is 5.11 Å². The molecule has 0 saturated carbocycles. The van der Waals surface area contributed by atoms with E-state index in [2.05, 4.69) is 35.3 Å². The molecular formula is C19H15FN8O2S. The van der Waals surface area contributed by atoms with E-state index in [4.69, 9.17) is 5.53 Å². The van der Waals surface area contributed by atoms with Gasteiger partial charge in [0, 0.05) is 40.7 Å². The second-order valence-electron chi connectivity index (χ2n) is 6.69. The first-order chi connectivity index (χ1) is 14.8. The normalized spacial score (nSPS) is 11.3. The summed E-state index contributed by atoms with van der Waals surface area (Å²) < 4.78 is 38.2. The van der Waals surface area contributed by atoms with Crippen molar-refractivity contribution in [1.29, 1.82) is 0 Å². The number of aryl methyl sites for hydroxylation is 1. The van der Waals surface area contributed by atoms with Crippen LogP contribution >= 0.6 is 0 Å². The largest absolute Gasteiger partial charge is 0.359 e. The van der Waals surface area contributed by atoms with Gasteiger partial charge in [0.25, 0.3) is 0 Å². The number of H-pyrrole nitrogens is 1. The standard InChI is InChI=1S/C19H15FN8O2S/c1-10-8-24-19(25-13-4-3-5-14(15(13)20)31(2,29)30)26-16(10)12-9-23-17-11(12)6-7-22-18(17)27-28-21/h3-9,23H,1-2H3,(H,24,25,26). The predicted molar refractivity (Wildman–Crippen MR) is 113 cm³/mol. The number of rotatable bonds is 5. The van der Waals surface area contributed by atoms with Gasteiger partial charge in [-0.3, -0.25) is 4.98 Å². The maximum Gasteiger partial charge on any atom is 0.227 e. The summed E-state index contributed by atoms with van der Waals surface area (Å²) in [7, 11) is -3.73. The summed E-state index contributed by atoms with van der Waals surface area (Å²) in [4.78, 5) is 18.1. The van der Waals surface area contributed by atoms with Crippen LogP contribution in [0.2, 0.25) is 0 Å². The van der Waals surface area contributed by atoms with Gasteiger partial charge in [0.15, 0.2) is 21.5 Å². The Labute approximate surface area is 175 Å². The Balaban J connectivity index is 1.79. The van der Waals surface area contributed by atoms with Gasteiger partial charge in [0.2, 0.25) is 5.95 Å². The number of hydrogen-bond acceptors (Lipinski definition) is 7. The summed E-state index contributed by atoms with van der Waals surface area (Å²) in [6.07, 6.45) is 5.72. The SMILES string of the molecule is Cc1cnc(Nc2cccc(S(C)(=O)=O)c2F)nc1-c1c[nH]c2c(N=[N+]=[N-])nccc12. The third-order valence-corrected chi connectivity index (χ3v) is 5.67. The minimum atomic E-state index is -3.73. The van der Waals surface area contributed by atoms with E-state index in [1.807, 2.05) is 6.92 Å². The number of aromatic nitrogens is 4. The highest BCUT2D eigenvalue weighted by molar-refractivity contribution is 7.90. The van der Waals surface area contributed by atoms with E-state index in [0.717, 1.165) is 17.2 Å². The van der Waals surface area contributed by atoms with Crippen molar-refractivity contribution in [2.45, 2.75) is 11.8 Å². The van der Waals surface area contributed by atoms with Crippen LogP contribution in [0.4, 0.5) is 21.8 Å². The van der Waals surface area contributed by atoms with Gasteiger partial charge in [0.1, 0.15) is 4.90 Å². The highest BCUT2D eigenvalue weighted by Crippen LogP contribution is 2.33. The molecule has 0 aliphatic heterocycles. The third-order valence-electron chi connectivity index (χ3n) is 4.56. The number of benzene rings is 1. The van der Waals surface area contributed by atoms with Crippen LogP contribution in [0.1, 0.15) is 5.56 Å². The fraction of sp³-hybridized carbons (Fsp3) is 0.105. The number of nitrogens with zero attached hydrogens (tertiary/aromatic N) is 6. The number of hydrogen-bond donors (Lipinski definition) is 2. The molecule has 0 atom stereocenters. The van der Waals surface area contributed by atoms with Gasteiger partial charge in [-0.05, 0) is 41.3 Å². The van der Waals surface area contributed by atoms with Crippen LogP contribution in [0.5, 0.6) is 0 Å². The Morgan fingerprint density at radius 3 is 2.81 bits per heavy atom. The molecule has 0 bridgehead atoms. The summed E-state index contributed by atoms with van der Waals surface area (Å²) in [5.41, 5.74) is 11.2. The van der Waals surface area contributed by atoms with Gasteiger partial charge in [-0.1, -0.05) is 6.07 Å². The topological polar surface area (TPSA) is 149 Å². The van der Waals surface area contributed by atoms with Gasteiger partial charge in [-0.15, -0.1) is 0 Å². The minimum Gasteiger partial charge on any atom is -0.359 e. The zero-order chi connectivity index (χ0) is 22.2. The maximum atomic E-state index is 14.7. The van der Waals surface area contributed by atoms with Crippen LogP contribution in [-0.2, 0) is 9.84 Å². The molecule has 0 saturated heterocycles. The highest BCUT2D eigenvalue weighted by Gasteiger charge is 2.18. The molecule has 1 aromatic carbocycles. The van der Waals surface area contributed by atoms with Crippen molar-refractivity contribution in [3.05, 3.63) is 64.7 Å². The second kappa shape index (κ2) is 7.67. The first-order valence-corrected chi connectivity index (χ1v) is 10.8. The smallest absolute Gasteiger partial charge is 0.227 e. The summed E-state index contributed by atoms with van der Waals surface area (Å²) >= 11 is 0. The third kappa shape index (κ3) is 3.77. The lowest BCUT2D eigenvalue weighted by atomic mass is 10.1. The fourth-order valence-corrected chi connectivity index (χ4v) is 3.90. The van der Waals surface area contributed by atoms with Crippen LogP contribution in [-0.4, -0.2) is 34.6 Å². The van der Waals surface area contributed by atoms with Crippen LogP contribution in [0, 0.1) is 12.7 Å². The van der Waals surface area contributed by atoms with Crippen molar-refractivity contribution >= 4 is 38.2 Å². The Morgan fingerprint density at radius 1 is 1.26 bits per heavy atom. The quantitative estimate of drug-likeness (QED) is 0.265. The van der Waals surface area contributed by atoms with Gasteiger partial charge < -0.3 is 10.3 Å². The number of halogens is 1. The summed E-state index contributed by atoms with van der Waals surface area (Å²) in [5, 5.41) is 7.05. The Hall–Kier alpha value is -4.02. The van der Waals surface area contributed by atoms with Gasteiger partial charge in [-0.2, -0.15) is 0 Å². The average molecular weight is 438 g/mol. The molecule has 3 heterocycles. The van der Waals surface area contributed by atoms with Crippen molar-refractivity contribution in [3.8, 4) is 11.3 Å². The molecule has 0 radical (unpaired) electrons. The van der Waals surface area contributed by atoms with Gasteiger partial charge in [0.05, 0.1) is 16.9 Å². The molecule has 156 valence electrons. The monoisotopic (exact) mass is 438 g/mol. The van der Waals surface area contributed by atoms with E-state index >= 15 is 0 Å². The van der Waals surface area contributed by atoms with E-state index in [-0.39, 0.29) is 17.5 Å². The minimum absolute atomic E-state index is 0.0634. The van der Waals surface area contributed by atoms with E-state index in [0.29, 0.717) is 16.8 Å². The molecule has 3 aromatic heterocycles. The first-order valence-electron chi connectivity index (χ1n) is 8.90. The molecule has 0 spiro atoms. The summed E-state index contributed by atoms with van der Waals surface area (Å²) in [6, 6.07) is 5.78. The van der Waals surface area contributed by atoms with Crippen molar-refractivity contribution < 1.29 is 12.8 Å². The number of nitrogens with one attached hydrogen (secondary N) is 2. The van der Waals surface area contributed by atoms with E-state index in [9.17, 15) is 12.8 Å². The Kier molecular flexibility index (Phi) is 5.01. The molecule has 0 aliphatic carbocycles. The Morgan fingerprint density at radius 2 is 2.06 bits per heavy atom. The molecule has 12 heteroatoms. The first kappa shape index (κ1) is 20.3. The summed E-state index contributed by atoms with van der Waals surface area (Å²) in [5.74, 6) is -0.618. The molecule has 0 fully saturated rings. The second-order valence-corrected chi connectivity index (χ2v) is 8.67. The lowest BCUT2D eigenvalue weighted by Crippen LogP contribution is -2.06. The zero-order valence-corrected chi connectivity index (χ0v) is 17.1. The van der Waals surface area contributed by atoms with E-state index in [1.165, 1.54) is 24.4 Å². The Bertz CT molecular complexity index is 1480. The fourth-order valence-electron chi connectivity index (χ4n) is 3.14. The zero-order valence-electron chi connectivity index (χ0n) is 16.3. The molecule has 0 amide bonds. The van der Waals surface area contributed by atoms with Crippen LogP contribution in [0.15, 0.2) is 52.9 Å². The lowest BCUT2D eigenvalue weighted by Gasteiger charge is -2.11. The maximum absolute atomic E-state index is 14.7. The number of pyridine rings is 1. The van der Waals surface area contributed by atoms with E-state index in [1.54, 1.807) is 18.5 Å². The number of aromatic amines is 1. The molecule has 4 aromatic rings. The van der Waals surface area contributed by atoms with E-state index < -0.39 is 20.5 Å². The number of sulfone groups is 1. The van der Waals surface area contributed by atoms with Crippen molar-refractivity contribution in [2.75, 3.05) is 11.6 Å². The lowest BCUT2D eigenvalue weighted by molar-refractivity contribution is 0.573. The number of azide groups is 1. The van der Waals surface area contributed by atoms with Crippen LogP contribution < -0.4 is 5.32 Å². The number of fused-ring (bicyclic) bond motifs is 1. The molecule has 0 aliphatic rings. The van der Waals surface area contributed by atoms with Gasteiger partial charge >= 0.3 is 0 Å². The average Bonchev–Trinajstić information content (AvgIpc) is 3.15. The van der Waals surface area contributed by atoms with Crippen molar-refractivity contribution in [3.63, 3.8) is 0 Å². The molecule has 4 rings (SSSR count). The van der Waals surface area contributed by atoms with Crippen LogP contribution in [0.3, 0.4) is 0 Å². The molecular weight excluding hydrogens is 423 g/mol. The highest BCUT2D eigenvalue weighted by atomic mass is 32.2. The van der Waals surface area contributed by atoms with Gasteiger partial charge in [-0.25, -0.2) is 22.8 Å². The molecule has 2 N–H and O–H groups in total. The molecule has 10 nitrogen and oxygen atoms in total.